The molecule has 2 aromatic rings. The van der Waals surface area contributed by atoms with Crippen LogP contribution in [0.1, 0.15) is 5.56 Å². The van der Waals surface area contributed by atoms with Crippen molar-refractivity contribution < 1.29 is 14.1 Å². The van der Waals surface area contributed by atoms with Gasteiger partial charge in [0.25, 0.3) is 5.69 Å². The third-order valence-electron chi connectivity index (χ3n) is 2.69. The minimum absolute atomic E-state index is 0.00330. The number of nitrogens with zero attached hydrogens (tertiary/aromatic N) is 1. The number of rotatable bonds is 4. The molecule has 0 aliphatic heterocycles. The van der Waals surface area contributed by atoms with E-state index in [0.717, 1.165) is 0 Å². The molecule has 5 nitrogen and oxygen atoms in total. The number of nitro groups is 1. The Bertz CT molecular complexity index is 706. The molecule has 0 heterocycles. The van der Waals surface area contributed by atoms with Crippen molar-refractivity contribution in [2.24, 2.45) is 0 Å². The van der Waals surface area contributed by atoms with Gasteiger partial charge in [-0.3, -0.25) is 14.9 Å². The second-order valence-electron chi connectivity index (χ2n) is 4.28. The summed E-state index contributed by atoms with van der Waals surface area (Å²) >= 11 is 3.03. The van der Waals surface area contributed by atoms with Crippen LogP contribution in [0.3, 0.4) is 0 Å². The molecule has 2 aromatic carbocycles. The topological polar surface area (TPSA) is 72.2 Å². The standard InChI is InChI=1S/C14H10BrFN2O3/c15-12-8-10(4-5-13(12)16)17-14(19)7-9-2-1-3-11(6-9)18(20)21/h1-6,8H,7H2,(H,17,19). The Labute approximate surface area is 128 Å². The summed E-state index contributed by atoms with van der Waals surface area (Å²) in [6.07, 6.45) is -0.00330. The van der Waals surface area contributed by atoms with Crippen molar-refractivity contribution in [3.8, 4) is 0 Å². The molecule has 1 N–H and O–H groups in total. The molecule has 0 atom stereocenters. The minimum atomic E-state index is -0.515. The monoisotopic (exact) mass is 352 g/mol. The van der Waals surface area contributed by atoms with E-state index in [1.165, 1.54) is 36.4 Å². The van der Waals surface area contributed by atoms with E-state index in [1.807, 2.05) is 0 Å². The number of hydrogen-bond donors (Lipinski definition) is 1. The first-order chi connectivity index (χ1) is 9.95. The van der Waals surface area contributed by atoms with Gasteiger partial charge < -0.3 is 5.32 Å². The van der Waals surface area contributed by atoms with Crippen molar-refractivity contribution in [2.45, 2.75) is 6.42 Å². The van der Waals surface area contributed by atoms with Crippen LogP contribution in [-0.4, -0.2) is 10.8 Å². The molecule has 2 rings (SSSR count). The first kappa shape index (κ1) is 15.1. The van der Waals surface area contributed by atoms with Crippen molar-refractivity contribution in [1.82, 2.24) is 0 Å². The molecule has 0 spiro atoms. The van der Waals surface area contributed by atoms with Gasteiger partial charge in [0.1, 0.15) is 5.82 Å². The van der Waals surface area contributed by atoms with Gasteiger partial charge in [-0.1, -0.05) is 12.1 Å². The maximum Gasteiger partial charge on any atom is 0.269 e. The van der Waals surface area contributed by atoms with Gasteiger partial charge in [0.15, 0.2) is 0 Å². The highest BCUT2D eigenvalue weighted by molar-refractivity contribution is 9.10. The van der Waals surface area contributed by atoms with Gasteiger partial charge in [0.05, 0.1) is 15.8 Å². The fraction of sp³-hybridized carbons (Fsp3) is 0.0714. The van der Waals surface area contributed by atoms with Crippen LogP contribution >= 0.6 is 15.9 Å². The Morgan fingerprint density at radius 3 is 2.71 bits per heavy atom. The van der Waals surface area contributed by atoms with Crippen LogP contribution in [0.2, 0.25) is 0 Å². The van der Waals surface area contributed by atoms with Crippen LogP contribution in [-0.2, 0) is 11.2 Å². The van der Waals surface area contributed by atoms with Gasteiger partial charge >= 0.3 is 0 Å². The average molecular weight is 353 g/mol. The summed E-state index contributed by atoms with van der Waals surface area (Å²) in [6.45, 7) is 0. The summed E-state index contributed by atoms with van der Waals surface area (Å²) in [6, 6.07) is 9.97. The highest BCUT2D eigenvalue weighted by Gasteiger charge is 2.10. The summed E-state index contributed by atoms with van der Waals surface area (Å²) in [4.78, 5) is 22.0. The van der Waals surface area contributed by atoms with E-state index in [4.69, 9.17) is 0 Å². The first-order valence-corrected chi connectivity index (χ1v) is 6.73. The fourth-order valence-electron chi connectivity index (χ4n) is 1.74. The van der Waals surface area contributed by atoms with Gasteiger partial charge in [-0.2, -0.15) is 0 Å². The normalized spacial score (nSPS) is 10.2. The predicted molar refractivity (Wildman–Crippen MR) is 79.5 cm³/mol. The lowest BCUT2D eigenvalue weighted by atomic mass is 10.1. The maximum atomic E-state index is 13.1. The quantitative estimate of drug-likeness (QED) is 0.673. The van der Waals surface area contributed by atoms with Gasteiger partial charge in [-0.05, 0) is 39.7 Å². The Morgan fingerprint density at radius 1 is 1.29 bits per heavy atom. The number of nitro benzene ring substituents is 1. The summed E-state index contributed by atoms with van der Waals surface area (Å²) in [5, 5.41) is 13.3. The second kappa shape index (κ2) is 6.45. The smallest absolute Gasteiger partial charge is 0.269 e. The highest BCUT2D eigenvalue weighted by atomic mass is 79.9. The molecule has 0 radical (unpaired) electrons. The molecular formula is C14H10BrFN2O3. The van der Waals surface area contributed by atoms with Crippen LogP contribution in [0.25, 0.3) is 0 Å². The van der Waals surface area contributed by atoms with E-state index >= 15 is 0 Å². The predicted octanol–water partition coefficient (Wildman–Crippen LogP) is 3.68. The van der Waals surface area contributed by atoms with Gasteiger partial charge in [-0.25, -0.2) is 4.39 Å². The first-order valence-electron chi connectivity index (χ1n) is 5.94. The molecule has 0 aliphatic carbocycles. The van der Waals surface area contributed by atoms with E-state index in [2.05, 4.69) is 21.2 Å². The highest BCUT2D eigenvalue weighted by Crippen LogP contribution is 2.20. The molecule has 0 aromatic heterocycles. The summed E-state index contributed by atoms with van der Waals surface area (Å²) in [7, 11) is 0. The number of carbonyl (C=O) groups excluding carboxylic acids is 1. The third kappa shape index (κ3) is 4.09. The molecular weight excluding hydrogens is 343 g/mol. The second-order valence-corrected chi connectivity index (χ2v) is 5.14. The van der Waals surface area contributed by atoms with Crippen molar-refractivity contribution in [3.05, 3.63) is 68.4 Å². The number of halogens is 2. The summed E-state index contributed by atoms with van der Waals surface area (Å²) < 4.78 is 13.3. The molecule has 1 amide bonds. The lowest BCUT2D eigenvalue weighted by Crippen LogP contribution is -2.14. The Kier molecular flexibility index (Phi) is 4.64. The lowest BCUT2D eigenvalue weighted by Gasteiger charge is -2.06. The SMILES string of the molecule is O=C(Cc1cccc([N+](=O)[O-])c1)Nc1ccc(F)c(Br)c1. The fourth-order valence-corrected chi connectivity index (χ4v) is 2.12. The lowest BCUT2D eigenvalue weighted by molar-refractivity contribution is -0.384. The Morgan fingerprint density at radius 2 is 2.05 bits per heavy atom. The van der Waals surface area contributed by atoms with E-state index in [0.29, 0.717) is 11.3 Å². The molecule has 108 valence electrons. The van der Waals surface area contributed by atoms with Crippen molar-refractivity contribution in [3.63, 3.8) is 0 Å². The zero-order valence-corrected chi connectivity index (χ0v) is 12.3. The van der Waals surface area contributed by atoms with Crippen LogP contribution < -0.4 is 5.32 Å². The van der Waals surface area contributed by atoms with E-state index in [1.54, 1.807) is 6.07 Å². The molecule has 0 saturated carbocycles. The van der Waals surface area contributed by atoms with Crippen LogP contribution in [0.5, 0.6) is 0 Å². The zero-order valence-electron chi connectivity index (χ0n) is 10.7. The van der Waals surface area contributed by atoms with E-state index in [9.17, 15) is 19.3 Å². The Hall–Kier alpha value is -2.28. The number of non-ortho nitro benzene ring substituents is 1. The van der Waals surface area contributed by atoms with Crippen LogP contribution in [0.4, 0.5) is 15.8 Å². The maximum absolute atomic E-state index is 13.1. The van der Waals surface area contributed by atoms with E-state index in [-0.39, 0.29) is 22.5 Å². The van der Waals surface area contributed by atoms with Crippen LogP contribution in [0.15, 0.2) is 46.9 Å². The third-order valence-corrected chi connectivity index (χ3v) is 3.30. The molecule has 0 fully saturated rings. The zero-order chi connectivity index (χ0) is 15.4. The molecule has 21 heavy (non-hydrogen) atoms. The molecule has 7 heteroatoms. The number of anilines is 1. The molecule has 0 unspecified atom stereocenters. The van der Waals surface area contributed by atoms with Gasteiger partial charge in [0, 0.05) is 17.8 Å². The Balaban J connectivity index is 2.06. The minimum Gasteiger partial charge on any atom is -0.326 e. The summed E-state index contributed by atoms with van der Waals surface area (Å²) in [5.41, 5.74) is 0.909. The van der Waals surface area contributed by atoms with Gasteiger partial charge in [-0.15, -0.1) is 0 Å². The van der Waals surface area contributed by atoms with Gasteiger partial charge in [0.2, 0.25) is 5.91 Å². The molecule has 0 aliphatic rings. The van der Waals surface area contributed by atoms with Crippen molar-refractivity contribution >= 4 is 33.2 Å². The number of amides is 1. The number of carbonyl (C=O) groups is 1. The number of hydrogen-bond acceptors (Lipinski definition) is 3. The molecule has 0 bridgehead atoms. The largest absolute Gasteiger partial charge is 0.326 e. The average Bonchev–Trinajstić information content (AvgIpc) is 2.43. The van der Waals surface area contributed by atoms with E-state index < -0.39 is 10.7 Å². The van der Waals surface area contributed by atoms with Crippen molar-refractivity contribution in [2.75, 3.05) is 5.32 Å². The summed E-state index contributed by atoms with van der Waals surface area (Å²) in [5.74, 6) is -0.763. The number of nitrogens with one attached hydrogen (secondary N) is 1. The van der Waals surface area contributed by atoms with Crippen LogP contribution in [0, 0.1) is 15.9 Å². The molecule has 0 saturated heterocycles. The van der Waals surface area contributed by atoms with Crippen molar-refractivity contribution in [1.29, 1.82) is 0 Å². The number of benzene rings is 2.